The van der Waals surface area contributed by atoms with E-state index in [0.29, 0.717) is 17.9 Å². The number of carboxylic acid groups (broad SMARTS) is 1. The van der Waals surface area contributed by atoms with Gasteiger partial charge in [-0.3, -0.25) is 14.5 Å². The van der Waals surface area contributed by atoms with E-state index in [1.165, 1.54) is 23.8 Å². The van der Waals surface area contributed by atoms with Gasteiger partial charge in [0.15, 0.2) is 23.6 Å². The monoisotopic (exact) mass is 530 g/mol. The number of hydrogen-bond donors (Lipinski definition) is 2. The van der Waals surface area contributed by atoms with Crippen LogP contribution in [-0.2, 0) is 25.8 Å². The molecule has 0 aromatic carbocycles. The van der Waals surface area contributed by atoms with Gasteiger partial charge in [-0.25, -0.2) is 4.98 Å². The molecule has 0 saturated carbocycles. The zero-order valence-corrected chi connectivity index (χ0v) is 20.6. The molecule has 2 aliphatic rings. The van der Waals surface area contributed by atoms with Crippen molar-refractivity contribution in [3.8, 4) is 0 Å². The first-order chi connectivity index (χ1) is 16.9. The number of thiophene rings is 1. The summed E-state index contributed by atoms with van der Waals surface area (Å²) < 4.78 is 3.02. The van der Waals surface area contributed by atoms with Crippen molar-refractivity contribution in [2.45, 2.75) is 18.0 Å². The second-order valence-corrected chi connectivity index (χ2v) is 10.5. The molecule has 3 N–H and O–H groups in total. The molecule has 2 amide bonds. The van der Waals surface area contributed by atoms with Crippen LogP contribution in [0.1, 0.15) is 5.69 Å². The fraction of sp³-hybridized carbons (Fsp3) is 0.238. The number of carboxylic acids is 1. The number of rotatable bonds is 7. The number of nitrogen functional groups attached to an aromatic ring is 1. The molecule has 11 nitrogen and oxygen atoms in total. The van der Waals surface area contributed by atoms with Crippen molar-refractivity contribution in [2.24, 2.45) is 5.16 Å². The number of aromatic nitrogens is 2. The van der Waals surface area contributed by atoms with E-state index in [4.69, 9.17) is 10.6 Å². The Hall–Kier alpha value is -3.49. The number of pyridine rings is 1. The molecule has 0 aliphatic carbocycles. The minimum absolute atomic E-state index is 0.135. The largest absolute Gasteiger partial charge is 0.543 e. The SMILES string of the molecule is CON=C(C(=O)NC1C(=O)N2C(C(=O)[O-])=C(C[n+]3cccc4sccc43)CS[C@H]12)c1csc(N)n1. The average molecular weight is 531 g/mol. The molecule has 2 aliphatic heterocycles. The molecule has 2 atom stereocenters. The Morgan fingerprint density at radius 2 is 2.23 bits per heavy atom. The fourth-order valence-corrected chi connectivity index (χ4v) is 6.72. The van der Waals surface area contributed by atoms with Crippen molar-refractivity contribution in [2.75, 3.05) is 18.6 Å². The summed E-state index contributed by atoms with van der Waals surface area (Å²) in [6.45, 7) is 0.299. The zero-order valence-electron chi connectivity index (χ0n) is 18.2. The van der Waals surface area contributed by atoms with E-state index >= 15 is 0 Å². The molecule has 14 heteroatoms. The highest BCUT2D eigenvalue weighted by molar-refractivity contribution is 8.00. The van der Waals surface area contributed by atoms with Gasteiger partial charge >= 0.3 is 0 Å². The molecule has 1 saturated heterocycles. The van der Waals surface area contributed by atoms with Crippen LogP contribution in [0.5, 0.6) is 0 Å². The molecule has 1 unspecified atom stereocenters. The molecule has 1 fully saturated rings. The maximum atomic E-state index is 13.0. The van der Waals surface area contributed by atoms with Gasteiger partial charge in [-0.1, -0.05) is 5.16 Å². The van der Waals surface area contributed by atoms with E-state index in [1.807, 2.05) is 34.3 Å². The number of β-lactam (4-membered cyclic amide) rings is 1. The van der Waals surface area contributed by atoms with Crippen molar-refractivity contribution in [3.63, 3.8) is 0 Å². The molecular formula is C21H18N6O5S3. The normalized spacial score (nSPS) is 20.0. The van der Waals surface area contributed by atoms with Crippen LogP contribution in [0, 0.1) is 0 Å². The quantitative estimate of drug-likeness (QED) is 0.182. The third-order valence-corrected chi connectivity index (χ3v) is 8.43. The van der Waals surface area contributed by atoms with Crippen LogP contribution < -0.4 is 20.7 Å². The molecule has 5 rings (SSSR count). The Bertz CT molecular complexity index is 1410. The highest BCUT2D eigenvalue weighted by Gasteiger charge is 2.53. The number of thiazole rings is 1. The number of carbonyl (C=O) groups excluding carboxylic acids is 3. The van der Waals surface area contributed by atoms with Gasteiger partial charge in [0, 0.05) is 28.8 Å². The van der Waals surface area contributed by atoms with E-state index in [1.54, 1.807) is 16.7 Å². The lowest BCUT2D eigenvalue weighted by Gasteiger charge is -2.50. The first-order valence-electron chi connectivity index (χ1n) is 10.3. The number of carbonyl (C=O) groups is 3. The number of aliphatic carboxylic acids is 1. The predicted octanol–water partition coefficient (Wildman–Crippen LogP) is -0.318. The van der Waals surface area contributed by atoms with Crippen LogP contribution in [0.4, 0.5) is 5.13 Å². The van der Waals surface area contributed by atoms with Gasteiger partial charge < -0.3 is 25.8 Å². The van der Waals surface area contributed by atoms with Gasteiger partial charge in [0.1, 0.15) is 24.2 Å². The maximum Gasteiger partial charge on any atom is 0.276 e. The second kappa shape index (κ2) is 9.28. The Morgan fingerprint density at radius 1 is 1.40 bits per heavy atom. The summed E-state index contributed by atoms with van der Waals surface area (Å²) in [5, 5.41) is 21.6. The Morgan fingerprint density at radius 3 is 2.94 bits per heavy atom. The third kappa shape index (κ3) is 4.13. The van der Waals surface area contributed by atoms with Crippen LogP contribution in [0.15, 0.2) is 51.6 Å². The van der Waals surface area contributed by atoms with Crippen molar-refractivity contribution in [1.82, 2.24) is 15.2 Å². The molecule has 0 spiro atoms. The standard InChI is InChI=1S/C21H18N6O5S3/c1-32-25-14(11-9-35-21(22)23-11)17(28)24-15-18(29)27-16(20(30)31)10(8-34-19(15)27)7-26-5-2-3-13-12(26)4-6-33-13/h2-6,9,15,19H,7-8H2,1H3,(H3-,22,23,24,28,30,31)/t15?,19-/m1/s1. The first-order valence-corrected chi connectivity index (χ1v) is 13.1. The minimum atomic E-state index is -1.43. The lowest BCUT2D eigenvalue weighted by Crippen LogP contribution is -2.71. The van der Waals surface area contributed by atoms with Crippen molar-refractivity contribution in [3.05, 3.63) is 52.1 Å². The summed E-state index contributed by atoms with van der Waals surface area (Å²) >= 11 is 4.09. The minimum Gasteiger partial charge on any atom is -0.543 e. The molecule has 3 aromatic rings. The lowest BCUT2D eigenvalue weighted by atomic mass is 10.0. The molecule has 35 heavy (non-hydrogen) atoms. The molecule has 180 valence electrons. The Labute approximate surface area is 210 Å². The van der Waals surface area contributed by atoms with Gasteiger partial charge in [0.05, 0.1) is 16.4 Å². The average Bonchev–Trinajstić information content (AvgIpc) is 3.49. The molecule has 0 bridgehead atoms. The van der Waals surface area contributed by atoms with Crippen molar-refractivity contribution >= 4 is 73.3 Å². The van der Waals surface area contributed by atoms with Crippen molar-refractivity contribution in [1.29, 1.82) is 0 Å². The smallest absolute Gasteiger partial charge is 0.276 e. The number of hydrogen-bond acceptors (Lipinski definition) is 11. The van der Waals surface area contributed by atoms with Crippen LogP contribution in [-0.4, -0.2) is 57.7 Å². The van der Waals surface area contributed by atoms with E-state index in [9.17, 15) is 19.5 Å². The second-order valence-electron chi connectivity index (χ2n) is 7.60. The molecular weight excluding hydrogens is 512 g/mol. The zero-order chi connectivity index (χ0) is 24.7. The Kier molecular flexibility index (Phi) is 6.17. The number of nitrogens with zero attached hydrogens (tertiary/aromatic N) is 4. The van der Waals surface area contributed by atoms with Gasteiger partial charge in [-0.05, 0) is 11.4 Å². The number of thioether (sulfide) groups is 1. The van der Waals surface area contributed by atoms with Crippen LogP contribution >= 0.6 is 34.4 Å². The predicted molar refractivity (Wildman–Crippen MR) is 129 cm³/mol. The van der Waals surface area contributed by atoms with E-state index in [0.717, 1.165) is 21.6 Å². The first kappa shape index (κ1) is 23.3. The number of anilines is 1. The van der Waals surface area contributed by atoms with Gasteiger partial charge in [0.2, 0.25) is 5.52 Å². The van der Waals surface area contributed by atoms with Crippen LogP contribution in [0.3, 0.4) is 0 Å². The van der Waals surface area contributed by atoms with E-state index in [-0.39, 0.29) is 22.2 Å². The summed E-state index contributed by atoms with van der Waals surface area (Å²) in [7, 11) is 1.28. The fourth-order valence-electron chi connectivity index (χ4n) is 4.03. The molecule has 5 heterocycles. The number of amides is 2. The number of nitrogens with one attached hydrogen (secondary N) is 1. The summed E-state index contributed by atoms with van der Waals surface area (Å²) in [5.41, 5.74) is 7.11. The van der Waals surface area contributed by atoms with Gasteiger partial charge in [0.25, 0.3) is 11.8 Å². The topological polar surface area (TPSA) is 154 Å². The Balaban J connectivity index is 1.38. The highest BCUT2D eigenvalue weighted by atomic mass is 32.2. The maximum absolute atomic E-state index is 13.0. The van der Waals surface area contributed by atoms with Crippen LogP contribution in [0.2, 0.25) is 0 Å². The lowest BCUT2D eigenvalue weighted by molar-refractivity contribution is -0.663. The summed E-state index contributed by atoms with van der Waals surface area (Å²) in [6, 6.07) is 4.91. The summed E-state index contributed by atoms with van der Waals surface area (Å²) in [5.74, 6) is -2.29. The van der Waals surface area contributed by atoms with Crippen molar-refractivity contribution < 1.29 is 28.9 Å². The summed E-state index contributed by atoms with van der Waals surface area (Å²) in [4.78, 5) is 47.9. The molecule has 0 radical (unpaired) electrons. The number of oxime groups is 1. The van der Waals surface area contributed by atoms with E-state index < -0.39 is 29.2 Å². The van der Waals surface area contributed by atoms with Crippen LogP contribution in [0.25, 0.3) is 10.2 Å². The van der Waals surface area contributed by atoms with E-state index in [2.05, 4.69) is 15.5 Å². The van der Waals surface area contributed by atoms with Gasteiger partial charge in [-0.2, -0.15) is 4.57 Å². The summed E-state index contributed by atoms with van der Waals surface area (Å²) in [6.07, 6.45) is 1.87. The number of nitrogens with two attached hydrogens (primary N) is 1. The molecule has 3 aromatic heterocycles. The highest BCUT2D eigenvalue weighted by Crippen LogP contribution is 2.40. The third-order valence-electron chi connectivity index (χ3n) is 5.55. The van der Waals surface area contributed by atoms with Gasteiger partial charge in [-0.15, -0.1) is 34.4 Å². The number of fused-ring (bicyclic) bond motifs is 2.